The molecule has 2 fully saturated rings. The number of nitrogens with two attached hydrogens (primary N) is 1. The van der Waals surface area contributed by atoms with Gasteiger partial charge in [-0.2, -0.15) is 0 Å². The Hall–Kier alpha value is -1.43. The lowest BCUT2D eigenvalue weighted by atomic mass is 9.95. The summed E-state index contributed by atoms with van der Waals surface area (Å²) in [6.07, 6.45) is 1.62. The molecule has 2 heterocycles. The van der Waals surface area contributed by atoms with E-state index in [0.717, 1.165) is 0 Å². The third-order valence-corrected chi connectivity index (χ3v) is 3.73. The van der Waals surface area contributed by atoms with Gasteiger partial charge in [-0.1, -0.05) is 0 Å². The Morgan fingerprint density at radius 3 is 2.29 bits per heavy atom. The van der Waals surface area contributed by atoms with Crippen LogP contribution in [0.1, 0.15) is 19.3 Å². The Morgan fingerprint density at radius 1 is 1.29 bits per heavy atom. The number of carbonyl (C=O) groups excluding carboxylic acids is 3. The summed E-state index contributed by atoms with van der Waals surface area (Å²) < 4.78 is 0. The topological polar surface area (TPSA) is 83.7 Å². The van der Waals surface area contributed by atoms with E-state index < -0.39 is 0 Å². The van der Waals surface area contributed by atoms with Crippen molar-refractivity contribution in [1.82, 2.24) is 9.80 Å². The Morgan fingerprint density at radius 2 is 1.88 bits per heavy atom. The SMILES string of the molecule is CN1C(=O)C[C@H](N2CCC(C(N)=O)CC2)C1=O. The monoisotopic (exact) mass is 239 g/mol. The Balaban J connectivity index is 1.96. The molecule has 1 atom stereocenters. The van der Waals surface area contributed by atoms with E-state index in [1.54, 1.807) is 0 Å². The molecule has 0 unspecified atom stereocenters. The van der Waals surface area contributed by atoms with Crippen LogP contribution in [0.4, 0.5) is 0 Å². The Kier molecular flexibility index (Phi) is 3.15. The first-order chi connectivity index (χ1) is 8.00. The molecular formula is C11H17N3O3. The number of piperidine rings is 1. The number of hydrogen-bond acceptors (Lipinski definition) is 4. The van der Waals surface area contributed by atoms with E-state index in [0.29, 0.717) is 25.9 Å². The van der Waals surface area contributed by atoms with Gasteiger partial charge in [-0.15, -0.1) is 0 Å². The summed E-state index contributed by atoms with van der Waals surface area (Å²) in [5.41, 5.74) is 5.25. The summed E-state index contributed by atoms with van der Waals surface area (Å²) in [4.78, 5) is 37.4. The second-order valence-corrected chi connectivity index (χ2v) is 4.72. The molecule has 2 rings (SSSR count). The highest BCUT2D eigenvalue weighted by Crippen LogP contribution is 2.23. The predicted molar refractivity (Wildman–Crippen MR) is 59.7 cm³/mol. The van der Waals surface area contributed by atoms with E-state index >= 15 is 0 Å². The lowest BCUT2D eigenvalue weighted by Gasteiger charge is -2.33. The number of amides is 3. The number of primary amides is 1. The number of hydrogen-bond donors (Lipinski definition) is 1. The molecule has 0 spiro atoms. The van der Waals surface area contributed by atoms with Gasteiger partial charge in [-0.05, 0) is 25.9 Å². The van der Waals surface area contributed by atoms with Crippen molar-refractivity contribution in [1.29, 1.82) is 0 Å². The number of imide groups is 1. The first-order valence-electron chi connectivity index (χ1n) is 5.84. The summed E-state index contributed by atoms with van der Waals surface area (Å²) in [5, 5.41) is 0. The summed E-state index contributed by atoms with van der Waals surface area (Å²) in [7, 11) is 1.51. The van der Waals surface area contributed by atoms with Crippen molar-refractivity contribution in [2.45, 2.75) is 25.3 Å². The average Bonchev–Trinajstić information content (AvgIpc) is 2.57. The summed E-state index contributed by atoms with van der Waals surface area (Å²) >= 11 is 0. The summed E-state index contributed by atoms with van der Waals surface area (Å²) in [6, 6.07) is -0.332. The minimum absolute atomic E-state index is 0.0869. The van der Waals surface area contributed by atoms with Gasteiger partial charge in [0, 0.05) is 13.0 Å². The van der Waals surface area contributed by atoms with Crippen molar-refractivity contribution in [3.8, 4) is 0 Å². The smallest absolute Gasteiger partial charge is 0.246 e. The van der Waals surface area contributed by atoms with Gasteiger partial charge in [-0.3, -0.25) is 24.2 Å². The Bertz CT molecular complexity index is 361. The minimum Gasteiger partial charge on any atom is -0.369 e. The van der Waals surface area contributed by atoms with E-state index in [9.17, 15) is 14.4 Å². The number of nitrogens with zero attached hydrogens (tertiary/aromatic N) is 2. The fourth-order valence-electron chi connectivity index (χ4n) is 2.52. The van der Waals surface area contributed by atoms with E-state index in [1.165, 1.54) is 11.9 Å². The first kappa shape index (κ1) is 12.0. The zero-order valence-electron chi connectivity index (χ0n) is 9.89. The van der Waals surface area contributed by atoms with Crippen LogP contribution < -0.4 is 5.73 Å². The van der Waals surface area contributed by atoms with Crippen LogP contribution in [0.15, 0.2) is 0 Å². The van der Waals surface area contributed by atoms with Crippen LogP contribution in [-0.4, -0.2) is 53.7 Å². The highest BCUT2D eigenvalue weighted by molar-refractivity contribution is 6.05. The summed E-state index contributed by atoms with van der Waals surface area (Å²) in [5.74, 6) is -0.615. The number of carbonyl (C=O) groups is 3. The second kappa shape index (κ2) is 4.44. The number of likely N-dealkylation sites (tertiary alicyclic amines) is 2. The van der Waals surface area contributed by atoms with Crippen molar-refractivity contribution >= 4 is 17.7 Å². The van der Waals surface area contributed by atoms with Gasteiger partial charge in [0.2, 0.25) is 17.7 Å². The molecule has 0 aromatic rings. The van der Waals surface area contributed by atoms with E-state index in [-0.39, 0.29) is 36.1 Å². The Labute approximate surface area is 99.7 Å². The van der Waals surface area contributed by atoms with E-state index in [1.807, 2.05) is 4.90 Å². The van der Waals surface area contributed by atoms with Crippen molar-refractivity contribution < 1.29 is 14.4 Å². The van der Waals surface area contributed by atoms with Crippen LogP contribution in [0.2, 0.25) is 0 Å². The fourth-order valence-corrected chi connectivity index (χ4v) is 2.52. The molecule has 2 saturated heterocycles. The maximum Gasteiger partial charge on any atom is 0.246 e. The van der Waals surface area contributed by atoms with Crippen molar-refractivity contribution in [3.05, 3.63) is 0 Å². The van der Waals surface area contributed by atoms with Gasteiger partial charge in [0.1, 0.15) is 0 Å². The molecule has 0 bridgehead atoms. The molecule has 0 aromatic carbocycles. The fraction of sp³-hybridized carbons (Fsp3) is 0.727. The molecule has 94 valence electrons. The van der Waals surface area contributed by atoms with Gasteiger partial charge >= 0.3 is 0 Å². The maximum atomic E-state index is 11.8. The zero-order valence-corrected chi connectivity index (χ0v) is 9.89. The number of likely N-dealkylation sites (N-methyl/N-ethyl adjacent to an activating group) is 1. The van der Waals surface area contributed by atoms with Crippen LogP contribution in [0, 0.1) is 5.92 Å². The standard InChI is InChI=1S/C11H17N3O3/c1-13-9(15)6-8(11(13)17)14-4-2-7(3-5-14)10(12)16/h7-8H,2-6H2,1H3,(H2,12,16)/t8-/m0/s1. The van der Waals surface area contributed by atoms with Crippen molar-refractivity contribution in [3.63, 3.8) is 0 Å². The molecule has 2 N–H and O–H groups in total. The molecule has 2 aliphatic rings. The molecule has 6 nitrogen and oxygen atoms in total. The van der Waals surface area contributed by atoms with Crippen LogP contribution in [0.3, 0.4) is 0 Å². The van der Waals surface area contributed by atoms with Gasteiger partial charge in [0.15, 0.2) is 0 Å². The third kappa shape index (κ3) is 2.17. The first-order valence-corrected chi connectivity index (χ1v) is 5.84. The predicted octanol–water partition coefficient (Wildman–Crippen LogP) is -1.06. The van der Waals surface area contributed by atoms with E-state index in [4.69, 9.17) is 5.73 Å². The molecule has 0 aromatic heterocycles. The number of rotatable bonds is 2. The van der Waals surface area contributed by atoms with Gasteiger partial charge in [0.25, 0.3) is 0 Å². The normalized spacial score (nSPS) is 27.8. The average molecular weight is 239 g/mol. The van der Waals surface area contributed by atoms with Gasteiger partial charge < -0.3 is 5.73 Å². The molecule has 3 amide bonds. The van der Waals surface area contributed by atoms with Crippen molar-refractivity contribution in [2.24, 2.45) is 11.7 Å². The van der Waals surface area contributed by atoms with Crippen molar-refractivity contribution in [2.75, 3.05) is 20.1 Å². The summed E-state index contributed by atoms with van der Waals surface area (Å²) in [6.45, 7) is 1.32. The molecule has 0 saturated carbocycles. The van der Waals surface area contributed by atoms with Crippen LogP contribution >= 0.6 is 0 Å². The molecular weight excluding hydrogens is 222 g/mol. The lowest BCUT2D eigenvalue weighted by molar-refractivity contribution is -0.138. The van der Waals surface area contributed by atoms with Crippen LogP contribution in [0.25, 0.3) is 0 Å². The molecule has 17 heavy (non-hydrogen) atoms. The molecule has 2 aliphatic heterocycles. The largest absolute Gasteiger partial charge is 0.369 e. The zero-order chi connectivity index (χ0) is 12.6. The quantitative estimate of drug-likeness (QED) is 0.623. The second-order valence-electron chi connectivity index (χ2n) is 4.72. The maximum absolute atomic E-state index is 11.8. The highest BCUT2D eigenvalue weighted by Gasteiger charge is 2.41. The van der Waals surface area contributed by atoms with Gasteiger partial charge in [0.05, 0.1) is 12.5 Å². The highest BCUT2D eigenvalue weighted by atomic mass is 16.2. The third-order valence-electron chi connectivity index (χ3n) is 3.73. The van der Waals surface area contributed by atoms with Gasteiger partial charge in [-0.25, -0.2) is 0 Å². The molecule has 6 heteroatoms. The minimum atomic E-state index is -0.332. The molecule has 0 aliphatic carbocycles. The van der Waals surface area contributed by atoms with E-state index in [2.05, 4.69) is 0 Å². The van der Waals surface area contributed by atoms with Crippen LogP contribution in [-0.2, 0) is 14.4 Å². The molecule has 0 radical (unpaired) electrons. The van der Waals surface area contributed by atoms with Crippen LogP contribution in [0.5, 0.6) is 0 Å². The lowest BCUT2D eigenvalue weighted by Crippen LogP contribution is -2.47.